The summed E-state index contributed by atoms with van der Waals surface area (Å²) in [5.41, 5.74) is 1.00. The number of unbranched alkanes of at least 4 members (excludes halogenated alkanes) is 1. The Labute approximate surface area is 104 Å². The minimum atomic E-state index is 0.628. The molecule has 1 heterocycles. The van der Waals surface area contributed by atoms with Crippen molar-refractivity contribution in [2.24, 2.45) is 0 Å². The quantitative estimate of drug-likeness (QED) is 0.738. The fraction of sp³-hybridized carbons (Fsp3) is 0.692. The maximum atomic E-state index is 4.30. The molecule has 0 aliphatic heterocycles. The molecule has 1 N–H and O–H groups in total. The van der Waals surface area contributed by atoms with Gasteiger partial charge >= 0.3 is 0 Å². The summed E-state index contributed by atoms with van der Waals surface area (Å²) in [4.78, 5) is 10.8. The second-order valence-corrected chi connectivity index (χ2v) is 4.73. The van der Waals surface area contributed by atoms with Crippen LogP contribution in [0.15, 0.2) is 12.3 Å². The fourth-order valence-electron chi connectivity index (χ4n) is 1.48. The van der Waals surface area contributed by atoms with E-state index < -0.39 is 0 Å². The lowest BCUT2D eigenvalue weighted by atomic mass is 10.2. The minimum absolute atomic E-state index is 0.628. The molecule has 0 radical (unpaired) electrons. The van der Waals surface area contributed by atoms with Crippen LogP contribution in [0, 0.1) is 6.92 Å². The van der Waals surface area contributed by atoms with Crippen molar-refractivity contribution in [3.05, 3.63) is 18.0 Å². The zero-order valence-electron chi connectivity index (χ0n) is 11.4. The first-order valence-electron chi connectivity index (χ1n) is 6.33. The van der Waals surface area contributed by atoms with Gasteiger partial charge in [-0.15, -0.1) is 0 Å². The molecule has 17 heavy (non-hydrogen) atoms. The topological polar surface area (TPSA) is 41.1 Å². The van der Waals surface area contributed by atoms with Gasteiger partial charge in [0.15, 0.2) is 0 Å². The van der Waals surface area contributed by atoms with E-state index in [2.05, 4.69) is 41.1 Å². The number of aryl methyl sites for hydroxylation is 1. The van der Waals surface area contributed by atoms with Crippen LogP contribution in [0.25, 0.3) is 0 Å². The molecule has 0 aliphatic rings. The third-order valence-electron chi connectivity index (χ3n) is 2.90. The molecule has 1 aromatic rings. The summed E-state index contributed by atoms with van der Waals surface area (Å²) in [5.74, 6) is 0.738. The number of nitrogens with one attached hydrogen (secondary N) is 1. The second-order valence-electron chi connectivity index (χ2n) is 4.73. The predicted molar refractivity (Wildman–Crippen MR) is 72.3 cm³/mol. The molecule has 1 aromatic heterocycles. The third-order valence-corrected chi connectivity index (χ3v) is 2.90. The first-order valence-corrected chi connectivity index (χ1v) is 6.33. The fourth-order valence-corrected chi connectivity index (χ4v) is 1.48. The molecule has 0 saturated heterocycles. The van der Waals surface area contributed by atoms with E-state index in [1.54, 1.807) is 6.20 Å². The van der Waals surface area contributed by atoms with Gasteiger partial charge in [-0.05, 0) is 53.3 Å². The van der Waals surface area contributed by atoms with E-state index in [1.165, 1.54) is 6.42 Å². The highest BCUT2D eigenvalue weighted by Crippen LogP contribution is 2.01. The lowest BCUT2D eigenvalue weighted by Crippen LogP contribution is -2.27. The summed E-state index contributed by atoms with van der Waals surface area (Å²) in [6, 6.07) is 2.53. The first-order chi connectivity index (χ1) is 8.09. The van der Waals surface area contributed by atoms with Crippen molar-refractivity contribution < 1.29 is 0 Å². The summed E-state index contributed by atoms with van der Waals surface area (Å²) in [5, 5.41) is 3.25. The molecule has 4 nitrogen and oxygen atoms in total. The number of anilines is 1. The average Bonchev–Trinajstić information content (AvgIpc) is 2.28. The van der Waals surface area contributed by atoms with E-state index in [-0.39, 0.29) is 0 Å². The van der Waals surface area contributed by atoms with Crippen LogP contribution in [0.3, 0.4) is 0 Å². The zero-order chi connectivity index (χ0) is 12.7. The van der Waals surface area contributed by atoms with E-state index in [0.717, 1.165) is 31.2 Å². The molecule has 0 spiro atoms. The monoisotopic (exact) mass is 236 g/mol. The van der Waals surface area contributed by atoms with Gasteiger partial charge in [-0.25, -0.2) is 9.97 Å². The van der Waals surface area contributed by atoms with Crippen LogP contribution < -0.4 is 5.32 Å². The highest BCUT2D eigenvalue weighted by molar-refractivity contribution is 5.24. The molecule has 0 amide bonds. The van der Waals surface area contributed by atoms with E-state index in [4.69, 9.17) is 0 Å². The molecule has 0 fully saturated rings. The summed E-state index contributed by atoms with van der Waals surface area (Å²) in [7, 11) is 2.17. The van der Waals surface area contributed by atoms with Gasteiger partial charge in [0.1, 0.15) is 0 Å². The van der Waals surface area contributed by atoms with Crippen LogP contribution in [0.5, 0.6) is 0 Å². The molecule has 0 unspecified atom stereocenters. The van der Waals surface area contributed by atoms with Gasteiger partial charge in [0.05, 0.1) is 0 Å². The summed E-state index contributed by atoms with van der Waals surface area (Å²) < 4.78 is 0. The number of aromatic nitrogens is 2. The highest BCUT2D eigenvalue weighted by atomic mass is 15.1. The van der Waals surface area contributed by atoms with Crippen molar-refractivity contribution in [2.45, 2.75) is 39.7 Å². The minimum Gasteiger partial charge on any atom is -0.354 e. The Kier molecular flexibility index (Phi) is 5.91. The Bertz CT molecular complexity index is 325. The summed E-state index contributed by atoms with van der Waals surface area (Å²) >= 11 is 0. The van der Waals surface area contributed by atoms with Gasteiger partial charge in [-0.1, -0.05) is 0 Å². The lowest BCUT2D eigenvalue weighted by molar-refractivity contribution is 0.269. The van der Waals surface area contributed by atoms with E-state index in [1.807, 2.05) is 13.0 Å². The average molecular weight is 236 g/mol. The predicted octanol–water partition coefficient (Wildman–Crippen LogP) is 2.32. The molecule has 0 bridgehead atoms. The maximum absolute atomic E-state index is 4.30. The number of nitrogens with zero attached hydrogens (tertiary/aromatic N) is 3. The van der Waals surface area contributed by atoms with Gasteiger partial charge in [-0.3, -0.25) is 0 Å². The van der Waals surface area contributed by atoms with Crippen LogP contribution in [0.1, 0.15) is 32.4 Å². The van der Waals surface area contributed by atoms with Crippen molar-refractivity contribution >= 4 is 5.95 Å². The standard InChI is InChI=1S/C13H24N4/c1-11(2)17(4)10-6-5-8-14-13-15-9-7-12(3)16-13/h7,9,11H,5-6,8,10H2,1-4H3,(H,14,15,16). The SMILES string of the molecule is Cc1ccnc(NCCCCN(C)C(C)C)n1. The van der Waals surface area contributed by atoms with Gasteiger partial charge in [0.2, 0.25) is 5.95 Å². The maximum Gasteiger partial charge on any atom is 0.222 e. The molecule has 0 atom stereocenters. The number of hydrogen-bond donors (Lipinski definition) is 1. The Morgan fingerprint density at radius 2 is 2.12 bits per heavy atom. The normalized spacial score (nSPS) is 11.2. The molecular weight excluding hydrogens is 212 g/mol. The third kappa shape index (κ3) is 5.63. The van der Waals surface area contributed by atoms with Crippen LogP contribution in [0.2, 0.25) is 0 Å². The van der Waals surface area contributed by atoms with E-state index in [9.17, 15) is 0 Å². The van der Waals surface area contributed by atoms with Gasteiger partial charge in [0.25, 0.3) is 0 Å². The van der Waals surface area contributed by atoms with Gasteiger partial charge < -0.3 is 10.2 Å². The zero-order valence-corrected chi connectivity index (χ0v) is 11.4. The molecule has 96 valence electrons. The van der Waals surface area contributed by atoms with Crippen molar-refractivity contribution in [3.8, 4) is 0 Å². The largest absolute Gasteiger partial charge is 0.354 e. The number of rotatable bonds is 7. The van der Waals surface area contributed by atoms with Crippen molar-refractivity contribution in [2.75, 3.05) is 25.5 Å². The van der Waals surface area contributed by atoms with Crippen molar-refractivity contribution in [1.82, 2.24) is 14.9 Å². The molecule has 0 saturated carbocycles. The van der Waals surface area contributed by atoms with Crippen LogP contribution in [-0.2, 0) is 0 Å². The molecule has 1 rings (SSSR count). The van der Waals surface area contributed by atoms with E-state index in [0.29, 0.717) is 6.04 Å². The Morgan fingerprint density at radius 1 is 1.35 bits per heavy atom. The lowest BCUT2D eigenvalue weighted by Gasteiger charge is -2.20. The van der Waals surface area contributed by atoms with Gasteiger partial charge in [0, 0.05) is 24.5 Å². The summed E-state index contributed by atoms with van der Waals surface area (Å²) in [6.45, 7) is 8.51. The Morgan fingerprint density at radius 3 is 2.76 bits per heavy atom. The van der Waals surface area contributed by atoms with Crippen LogP contribution in [0.4, 0.5) is 5.95 Å². The number of hydrogen-bond acceptors (Lipinski definition) is 4. The molecule has 0 aliphatic carbocycles. The molecule has 0 aromatic carbocycles. The first kappa shape index (κ1) is 13.9. The summed E-state index contributed by atoms with van der Waals surface area (Å²) in [6.07, 6.45) is 4.14. The second kappa shape index (κ2) is 7.22. The smallest absolute Gasteiger partial charge is 0.222 e. The molecular formula is C13H24N4. The highest BCUT2D eigenvalue weighted by Gasteiger charge is 2.01. The Balaban J connectivity index is 2.12. The molecule has 4 heteroatoms. The Hall–Kier alpha value is -1.16. The van der Waals surface area contributed by atoms with Crippen molar-refractivity contribution in [3.63, 3.8) is 0 Å². The van der Waals surface area contributed by atoms with Crippen LogP contribution >= 0.6 is 0 Å². The van der Waals surface area contributed by atoms with Gasteiger partial charge in [-0.2, -0.15) is 0 Å². The van der Waals surface area contributed by atoms with Crippen LogP contribution in [-0.4, -0.2) is 41.0 Å². The van der Waals surface area contributed by atoms with Crippen molar-refractivity contribution in [1.29, 1.82) is 0 Å². The van der Waals surface area contributed by atoms with E-state index >= 15 is 0 Å².